The van der Waals surface area contributed by atoms with Crippen LogP contribution in [0.4, 0.5) is 5.69 Å². The highest BCUT2D eigenvalue weighted by Gasteiger charge is 2.32. The zero-order valence-corrected chi connectivity index (χ0v) is 16.9. The average Bonchev–Trinajstić information content (AvgIpc) is 2.77. The monoisotopic (exact) mass is 399 g/mol. The summed E-state index contributed by atoms with van der Waals surface area (Å²) >= 11 is 0. The molecule has 1 atom stereocenters. The molecule has 0 spiro atoms. The van der Waals surface area contributed by atoms with E-state index in [4.69, 9.17) is 9.84 Å². The normalized spacial score (nSPS) is 11.3. The molecule has 0 bridgehead atoms. The number of benzene rings is 2. The van der Waals surface area contributed by atoms with E-state index >= 15 is 0 Å². The predicted octanol–water partition coefficient (Wildman–Crippen LogP) is 1.15. The summed E-state index contributed by atoms with van der Waals surface area (Å²) in [6.07, 6.45) is 0. The van der Waals surface area contributed by atoms with Crippen molar-refractivity contribution in [2.75, 3.05) is 40.2 Å². The summed E-state index contributed by atoms with van der Waals surface area (Å²) in [5.41, 5.74) is 2.96. The molecular weight excluding hydrogens is 374 g/mol. The Labute approximate surface area is 169 Å². The van der Waals surface area contributed by atoms with Crippen LogP contribution in [0.25, 0.3) is 11.1 Å². The highest BCUT2D eigenvalue weighted by molar-refractivity contribution is 6.10. The largest absolute Gasteiger partial charge is 0.495 e. The maximum Gasteiger partial charge on any atom is 0.254 e. The van der Waals surface area contributed by atoms with Crippen LogP contribution in [0.5, 0.6) is 5.75 Å². The number of ether oxygens (including phenoxy) is 1. The molecule has 154 valence electrons. The van der Waals surface area contributed by atoms with Gasteiger partial charge in [-0.05, 0) is 35.4 Å². The summed E-state index contributed by atoms with van der Waals surface area (Å²) in [7, 11) is 6.11. The molecule has 3 N–H and O–H groups in total. The number of nitrogens with one attached hydrogen (secondary N) is 2. The van der Waals surface area contributed by atoms with Gasteiger partial charge in [0.2, 0.25) is 5.91 Å². The lowest BCUT2D eigenvalue weighted by molar-refractivity contribution is -0.135. The zero-order valence-electron chi connectivity index (χ0n) is 16.9. The Morgan fingerprint density at radius 3 is 2.21 bits per heavy atom. The lowest BCUT2D eigenvalue weighted by Gasteiger charge is -2.25. The van der Waals surface area contributed by atoms with Gasteiger partial charge in [0.15, 0.2) is 11.8 Å². The van der Waals surface area contributed by atoms with E-state index < -0.39 is 30.2 Å². The number of nitrogens with zero attached hydrogens (tertiary/aromatic N) is 1. The van der Waals surface area contributed by atoms with Gasteiger partial charge in [-0.1, -0.05) is 18.2 Å². The second-order valence-electron chi connectivity index (χ2n) is 6.30. The molecule has 0 aliphatic rings. The number of hydrogen-bond acceptors (Lipinski definition) is 6. The van der Waals surface area contributed by atoms with Crippen molar-refractivity contribution in [2.24, 2.45) is 0 Å². The summed E-state index contributed by atoms with van der Waals surface area (Å²) in [6.45, 7) is -0.834. The Morgan fingerprint density at radius 1 is 1.07 bits per heavy atom. The Balaban J connectivity index is 2.28. The predicted molar refractivity (Wildman–Crippen MR) is 110 cm³/mol. The van der Waals surface area contributed by atoms with Gasteiger partial charge in [0.1, 0.15) is 12.4 Å². The maximum absolute atomic E-state index is 12.7. The number of hydrogen-bond donors (Lipinski definition) is 3. The Morgan fingerprint density at radius 2 is 1.69 bits per heavy atom. The van der Waals surface area contributed by atoms with E-state index in [1.807, 2.05) is 25.2 Å². The van der Waals surface area contributed by atoms with E-state index in [1.54, 1.807) is 31.4 Å². The van der Waals surface area contributed by atoms with Crippen LogP contribution in [0.3, 0.4) is 0 Å². The molecule has 0 saturated carbocycles. The molecule has 2 aromatic carbocycles. The molecule has 8 nitrogen and oxygen atoms in total. The van der Waals surface area contributed by atoms with E-state index in [9.17, 15) is 14.4 Å². The highest BCUT2D eigenvalue weighted by Crippen LogP contribution is 2.30. The Kier molecular flexibility index (Phi) is 7.33. The van der Waals surface area contributed by atoms with Crippen LogP contribution in [-0.2, 0) is 9.59 Å². The number of rotatable bonds is 8. The summed E-state index contributed by atoms with van der Waals surface area (Å²) < 4.78 is 5.37. The van der Waals surface area contributed by atoms with Crippen LogP contribution in [-0.4, -0.2) is 68.5 Å². The number of anilines is 1. The number of likely N-dealkylation sites (N-methyl/N-ethyl adjacent to an activating group) is 2. The summed E-state index contributed by atoms with van der Waals surface area (Å²) in [5, 5.41) is 14.5. The summed E-state index contributed by atoms with van der Waals surface area (Å²) in [6, 6.07) is 11.1. The number of aliphatic hydroxyl groups excluding tert-OH is 1. The van der Waals surface area contributed by atoms with Gasteiger partial charge in [0.05, 0.1) is 12.8 Å². The first-order valence-electron chi connectivity index (χ1n) is 8.96. The van der Waals surface area contributed by atoms with E-state index in [0.717, 1.165) is 21.7 Å². The summed E-state index contributed by atoms with van der Waals surface area (Å²) in [4.78, 5) is 37.7. The molecule has 8 heteroatoms. The van der Waals surface area contributed by atoms with Gasteiger partial charge >= 0.3 is 0 Å². The molecule has 0 aromatic heterocycles. The quantitative estimate of drug-likeness (QED) is 0.575. The second-order valence-corrected chi connectivity index (χ2v) is 6.30. The highest BCUT2D eigenvalue weighted by atomic mass is 16.5. The lowest BCUT2D eigenvalue weighted by atomic mass is 10.0. The number of ketones is 1. The van der Waals surface area contributed by atoms with Crippen molar-refractivity contribution >= 4 is 23.3 Å². The standard InChI is InChI=1S/C21H25N3O5/c1-22-16-10-9-15(11-18(16)29-4)13-5-7-14(8-6-13)21(28)24(3)19(17(26)12-25)20(27)23-2/h5-11,19,22,25H,12H2,1-4H3,(H,23,27). The molecule has 2 rings (SSSR count). The lowest BCUT2D eigenvalue weighted by Crippen LogP contribution is -2.52. The molecule has 0 radical (unpaired) electrons. The maximum atomic E-state index is 12.7. The van der Waals surface area contributed by atoms with Gasteiger partial charge in [-0.3, -0.25) is 14.4 Å². The second kappa shape index (κ2) is 9.70. The van der Waals surface area contributed by atoms with E-state index in [-0.39, 0.29) is 0 Å². The minimum atomic E-state index is -1.39. The smallest absolute Gasteiger partial charge is 0.254 e. The molecule has 0 aliphatic heterocycles. The number of Topliss-reactive ketones (excluding diaryl/α,β-unsaturated/α-hetero) is 1. The first-order chi connectivity index (χ1) is 13.9. The van der Waals surface area contributed by atoms with Crippen LogP contribution in [0.1, 0.15) is 10.4 Å². The number of methoxy groups -OCH3 is 1. The molecule has 1 unspecified atom stereocenters. The molecule has 0 heterocycles. The molecule has 0 fully saturated rings. The van der Waals surface area contributed by atoms with E-state index in [1.165, 1.54) is 14.1 Å². The fourth-order valence-electron chi connectivity index (χ4n) is 2.96. The SMILES string of the molecule is CNC(=O)C(C(=O)CO)N(C)C(=O)c1ccc(-c2ccc(NC)c(OC)c2)cc1. The minimum Gasteiger partial charge on any atom is -0.495 e. The molecule has 0 saturated heterocycles. The third kappa shape index (κ3) is 4.72. The van der Waals surface area contributed by atoms with Crippen LogP contribution in [0.15, 0.2) is 42.5 Å². The van der Waals surface area contributed by atoms with Crippen LogP contribution < -0.4 is 15.4 Å². The summed E-state index contributed by atoms with van der Waals surface area (Å²) in [5.74, 6) is -1.22. The van der Waals surface area contributed by atoms with Crippen molar-refractivity contribution in [1.82, 2.24) is 10.2 Å². The van der Waals surface area contributed by atoms with Gasteiger partial charge < -0.3 is 25.4 Å². The topological polar surface area (TPSA) is 108 Å². The van der Waals surface area contributed by atoms with E-state index in [0.29, 0.717) is 11.3 Å². The third-order valence-electron chi connectivity index (χ3n) is 4.60. The third-order valence-corrected chi connectivity index (χ3v) is 4.60. The average molecular weight is 399 g/mol. The van der Waals surface area contributed by atoms with Crippen molar-refractivity contribution in [3.63, 3.8) is 0 Å². The first kappa shape index (κ1) is 21.9. The van der Waals surface area contributed by atoms with Gasteiger partial charge in [-0.15, -0.1) is 0 Å². The minimum absolute atomic E-state index is 0.315. The van der Waals surface area contributed by atoms with Gasteiger partial charge in [0.25, 0.3) is 5.91 Å². The van der Waals surface area contributed by atoms with Gasteiger partial charge in [-0.2, -0.15) is 0 Å². The first-order valence-corrected chi connectivity index (χ1v) is 8.96. The van der Waals surface area contributed by atoms with Crippen LogP contribution in [0.2, 0.25) is 0 Å². The molecule has 29 heavy (non-hydrogen) atoms. The van der Waals surface area contributed by atoms with Crippen LogP contribution in [0, 0.1) is 0 Å². The molecule has 2 aromatic rings. The Hall–Kier alpha value is -3.39. The molecular formula is C21H25N3O5. The number of amides is 2. The number of aliphatic hydroxyl groups is 1. The van der Waals surface area contributed by atoms with Crippen molar-refractivity contribution in [2.45, 2.75) is 6.04 Å². The van der Waals surface area contributed by atoms with E-state index in [2.05, 4.69) is 10.6 Å². The number of carbonyl (C=O) groups is 3. The number of carbonyl (C=O) groups excluding carboxylic acids is 3. The fraction of sp³-hybridized carbons (Fsp3) is 0.286. The molecule has 2 amide bonds. The Bertz CT molecular complexity index is 880. The fourth-order valence-corrected chi connectivity index (χ4v) is 2.96. The van der Waals surface area contributed by atoms with Crippen molar-refractivity contribution in [3.8, 4) is 16.9 Å². The van der Waals surface area contributed by atoms with Crippen molar-refractivity contribution in [3.05, 3.63) is 48.0 Å². The van der Waals surface area contributed by atoms with Crippen molar-refractivity contribution < 1.29 is 24.2 Å². The van der Waals surface area contributed by atoms with Crippen LogP contribution >= 0.6 is 0 Å². The molecule has 0 aliphatic carbocycles. The van der Waals surface area contributed by atoms with Gasteiger partial charge in [0, 0.05) is 26.7 Å². The van der Waals surface area contributed by atoms with Crippen molar-refractivity contribution in [1.29, 1.82) is 0 Å². The van der Waals surface area contributed by atoms with Gasteiger partial charge in [-0.25, -0.2) is 0 Å². The zero-order chi connectivity index (χ0) is 21.6.